The molecule has 0 saturated carbocycles. The smallest absolute Gasteiger partial charge is 0.150 e. The molecule has 0 spiro atoms. The molecule has 0 amide bonds. The van der Waals surface area contributed by atoms with Gasteiger partial charge in [-0.2, -0.15) is 5.26 Å². The van der Waals surface area contributed by atoms with E-state index in [-0.39, 0.29) is 5.15 Å². The summed E-state index contributed by atoms with van der Waals surface area (Å²) in [6.07, 6.45) is 0.398. The van der Waals surface area contributed by atoms with Crippen molar-refractivity contribution in [3.05, 3.63) is 21.3 Å². The minimum Gasteiger partial charge on any atom is -0.357 e. The number of hydrogen-bond donors (Lipinski definition) is 0. The lowest BCUT2D eigenvalue weighted by atomic mass is 10.4. The lowest BCUT2D eigenvalue weighted by Gasteiger charge is -2.18. The minimum absolute atomic E-state index is 0.208. The Morgan fingerprint density at radius 2 is 2.07 bits per heavy atom. The van der Waals surface area contributed by atoms with Crippen LogP contribution >= 0.6 is 34.8 Å². The van der Waals surface area contributed by atoms with Crippen molar-refractivity contribution < 1.29 is 0 Å². The maximum atomic E-state index is 8.45. The molecular weight excluding hydrogens is 256 g/mol. The Kier molecular flexibility index (Phi) is 4.46. The standard InChI is InChI=1S/C9H8Cl3N3/c1-15(4-2-3-13)9-7(11)5-6(10)8(12)14-9/h5H,2,4H2,1H3. The summed E-state index contributed by atoms with van der Waals surface area (Å²) in [5.41, 5.74) is 0. The van der Waals surface area contributed by atoms with Crippen molar-refractivity contribution in [2.75, 3.05) is 18.5 Å². The van der Waals surface area contributed by atoms with E-state index in [4.69, 9.17) is 40.1 Å². The summed E-state index contributed by atoms with van der Waals surface area (Å²) in [4.78, 5) is 5.80. The number of halogens is 3. The van der Waals surface area contributed by atoms with E-state index in [2.05, 4.69) is 4.98 Å². The third-order valence-corrected chi connectivity index (χ3v) is 2.74. The van der Waals surface area contributed by atoms with Crippen molar-refractivity contribution in [3.63, 3.8) is 0 Å². The number of hydrogen-bond acceptors (Lipinski definition) is 3. The Morgan fingerprint density at radius 3 is 2.67 bits per heavy atom. The van der Waals surface area contributed by atoms with E-state index < -0.39 is 0 Å². The average molecular weight is 265 g/mol. The summed E-state index contributed by atoms with van der Waals surface area (Å²) >= 11 is 17.5. The highest BCUT2D eigenvalue weighted by Gasteiger charge is 2.11. The molecule has 1 aromatic rings. The summed E-state index contributed by atoms with van der Waals surface area (Å²) in [7, 11) is 1.79. The van der Waals surface area contributed by atoms with Crippen LogP contribution in [-0.2, 0) is 0 Å². The van der Waals surface area contributed by atoms with Crippen LogP contribution in [-0.4, -0.2) is 18.6 Å². The van der Waals surface area contributed by atoms with E-state index in [1.54, 1.807) is 11.9 Å². The Balaban J connectivity index is 2.94. The first-order chi connectivity index (χ1) is 7.06. The Labute approximate surface area is 103 Å². The Morgan fingerprint density at radius 1 is 1.40 bits per heavy atom. The van der Waals surface area contributed by atoms with Gasteiger partial charge in [0.05, 0.1) is 22.5 Å². The van der Waals surface area contributed by atoms with Crippen molar-refractivity contribution in [3.8, 4) is 6.07 Å². The highest BCUT2D eigenvalue weighted by molar-refractivity contribution is 6.42. The lowest BCUT2D eigenvalue weighted by Crippen LogP contribution is -2.19. The zero-order chi connectivity index (χ0) is 11.4. The molecule has 1 rings (SSSR count). The molecule has 0 fully saturated rings. The van der Waals surface area contributed by atoms with Gasteiger partial charge in [-0.3, -0.25) is 0 Å². The number of pyridine rings is 1. The third kappa shape index (κ3) is 3.13. The van der Waals surface area contributed by atoms with Gasteiger partial charge in [0.1, 0.15) is 11.0 Å². The molecule has 15 heavy (non-hydrogen) atoms. The topological polar surface area (TPSA) is 39.9 Å². The maximum absolute atomic E-state index is 8.45. The SMILES string of the molecule is CN(CCC#N)c1nc(Cl)c(Cl)cc1Cl. The van der Waals surface area contributed by atoms with Crippen molar-refractivity contribution in [1.82, 2.24) is 4.98 Å². The van der Waals surface area contributed by atoms with E-state index in [0.29, 0.717) is 28.8 Å². The van der Waals surface area contributed by atoms with E-state index in [9.17, 15) is 0 Å². The number of nitrogens with zero attached hydrogens (tertiary/aromatic N) is 3. The summed E-state index contributed by atoms with van der Waals surface area (Å²) in [6, 6.07) is 3.58. The van der Waals surface area contributed by atoms with E-state index in [0.717, 1.165) is 0 Å². The van der Waals surface area contributed by atoms with Crippen LogP contribution in [0, 0.1) is 11.3 Å². The van der Waals surface area contributed by atoms with Gasteiger partial charge in [0, 0.05) is 13.6 Å². The zero-order valence-electron chi connectivity index (χ0n) is 7.97. The van der Waals surface area contributed by atoms with Gasteiger partial charge in [-0.25, -0.2) is 4.98 Å². The molecule has 0 aliphatic rings. The third-order valence-electron chi connectivity index (χ3n) is 1.79. The largest absolute Gasteiger partial charge is 0.357 e. The molecule has 0 atom stereocenters. The molecule has 3 nitrogen and oxygen atoms in total. The van der Waals surface area contributed by atoms with Gasteiger partial charge in [-0.1, -0.05) is 34.8 Å². The fraction of sp³-hybridized carbons (Fsp3) is 0.333. The predicted molar refractivity (Wildman–Crippen MR) is 62.8 cm³/mol. The second-order valence-electron chi connectivity index (χ2n) is 2.90. The maximum Gasteiger partial charge on any atom is 0.150 e. The molecule has 80 valence electrons. The predicted octanol–water partition coefficient (Wildman–Crippen LogP) is 3.39. The van der Waals surface area contributed by atoms with Crippen LogP contribution in [0.25, 0.3) is 0 Å². The van der Waals surface area contributed by atoms with Crippen LogP contribution in [0.4, 0.5) is 5.82 Å². The Hall–Kier alpha value is -0.690. The van der Waals surface area contributed by atoms with Gasteiger partial charge in [0.15, 0.2) is 0 Å². The molecule has 0 aliphatic heterocycles. The molecule has 0 aliphatic carbocycles. The van der Waals surface area contributed by atoms with Gasteiger partial charge in [0.2, 0.25) is 0 Å². The first-order valence-electron chi connectivity index (χ1n) is 4.16. The molecule has 0 N–H and O–H groups in total. The fourth-order valence-corrected chi connectivity index (χ4v) is 1.66. The van der Waals surface area contributed by atoms with Gasteiger partial charge < -0.3 is 4.90 Å². The summed E-state index contributed by atoms with van der Waals surface area (Å²) in [5.74, 6) is 0.529. The van der Waals surface area contributed by atoms with Crippen LogP contribution in [0.3, 0.4) is 0 Å². The summed E-state index contributed by atoms with van der Waals surface area (Å²) in [5, 5.41) is 9.40. The molecule has 0 aromatic carbocycles. The van der Waals surface area contributed by atoms with Crippen molar-refractivity contribution in [2.45, 2.75) is 6.42 Å². The molecule has 1 heterocycles. The lowest BCUT2D eigenvalue weighted by molar-refractivity contribution is 0.885. The average Bonchev–Trinajstić information content (AvgIpc) is 2.20. The quantitative estimate of drug-likeness (QED) is 0.786. The first-order valence-corrected chi connectivity index (χ1v) is 5.29. The normalized spacial score (nSPS) is 9.80. The van der Waals surface area contributed by atoms with E-state index >= 15 is 0 Å². The first kappa shape index (κ1) is 12.4. The molecule has 0 radical (unpaired) electrons. The summed E-state index contributed by atoms with van der Waals surface area (Å²) in [6.45, 7) is 0.543. The van der Waals surface area contributed by atoms with Gasteiger partial charge in [-0.15, -0.1) is 0 Å². The van der Waals surface area contributed by atoms with Crippen molar-refractivity contribution in [2.24, 2.45) is 0 Å². The Bertz CT molecular complexity index is 400. The molecule has 0 saturated heterocycles. The minimum atomic E-state index is 0.208. The van der Waals surface area contributed by atoms with Crippen molar-refractivity contribution in [1.29, 1.82) is 5.26 Å². The molecule has 6 heteroatoms. The van der Waals surface area contributed by atoms with Gasteiger partial charge >= 0.3 is 0 Å². The second-order valence-corrected chi connectivity index (χ2v) is 4.07. The van der Waals surface area contributed by atoms with Crippen LogP contribution in [0.2, 0.25) is 15.2 Å². The molecule has 0 unspecified atom stereocenters. The highest BCUT2D eigenvalue weighted by atomic mass is 35.5. The fourth-order valence-electron chi connectivity index (χ4n) is 1.03. The number of anilines is 1. The molecular formula is C9H8Cl3N3. The number of nitriles is 1. The monoisotopic (exact) mass is 263 g/mol. The van der Waals surface area contributed by atoms with Gasteiger partial charge in [0.25, 0.3) is 0 Å². The second kappa shape index (κ2) is 5.41. The molecule has 1 aromatic heterocycles. The summed E-state index contributed by atoms with van der Waals surface area (Å²) < 4.78 is 0. The molecule has 0 bridgehead atoms. The number of aromatic nitrogens is 1. The highest BCUT2D eigenvalue weighted by Crippen LogP contribution is 2.30. The van der Waals surface area contributed by atoms with Crippen molar-refractivity contribution >= 4 is 40.6 Å². The van der Waals surface area contributed by atoms with Crippen LogP contribution in [0.1, 0.15) is 6.42 Å². The van der Waals surface area contributed by atoms with E-state index in [1.807, 2.05) is 6.07 Å². The van der Waals surface area contributed by atoms with Crippen LogP contribution in [0.5, 0.6) is 0 Å². The zero-order valence-corrected chi connectivity index (χ0v) is 10.2. The number of rotatable bonds is 3. The van der Waals surface area contributed by atoms with Gasteiger partial charge in [-0.05, 0) is 6.07 Å². The van der Waals surface area contributed by atoms with E-state index in [1.165, 1.54) is 6.07 Å². The van der Waals surface area contributed by atoms with Crippen LogP contribution < -0.4 is 4.90 Å². The van der Waals surface area contributed by atoms with Crippen LogP contribution in [0.15, 0.2) is 6.07 Å².